The fraction of sp³-hybridized carbons (Fsp3) is 0.389. The van der Waals surface area contributed by atoms with Gasteiger partial charge in [-0.05, 0) is 43.1 Å². The molecule has 1 N–H and O–H groups in total. The first-order valence-electron chi connectivity index (χ1n) is 7.85. The fourth-order valence-electron chi connectivity index (χ4n) is 2.94. The Morgan fingerprint density at radius 2 is 1.95 bits per heavy atom. The summed E-state index contributed by atoms with van der Waals surface area (Å²) in [5.74, 6) is 0. The van der Waals surface area contributed by atoms with Crippen LogP contribution in [0.2, 0.25) is 0 Å². The quantitative estimate of drug-likeness (QED) is 0.912. The van der Waals surface area contributed by atoms with Crippen LogP contribution in [0.3, 0.4) is 0 Å². The van der Waals surface area contributed by atoms with Gasteiger partial charge in [0.05, 0.1) is 17.9 Å². The maximum atomic E-state index is 4.77. The lowest BCUT2D eigenvalue weighted by molar-refractivity contribution is 0.673. The number of anilines is 1. The van der Waals surface area contributed by atoms with Crippen LogP contribution in [0.1, 0.15) is 30.3 Å². The van der Waals surface area contributed by atoms with E-state index in [9.17, 15) is 0 Å². The molecule has 0 amide bonds. The van der Waals surface area contributed by atoms with Crippen molar-refractivity contribution in [2.24, 2.45) is 0 Å². The van der Waals surface area contributed by atoms with Crippen molar-refractivity contribution in [3.8, 4) is 0 Å². The van der Waals surface area contributed by atoms with Gasteiger partial charge in [-0.1, -0.05) is 31.2 Å². The summed E-state index contributed by atoms with van der Waals surface area (Å²) in [6.07, 6.45) is 2.43. The number of hydrogen-bond donors (Lipinski definition) is 1. The van der Waals surface area contributed by atoms with Crippen LogP contribution in [-0.4, -0.2) is 18.1 Å². The van der Waals surface area contributed by atoms with Crippen molar-refractivity contribution >= 4 is 5.69 Å². The molecular weight excluding hydrogens is 258 g/mol. The van der Waals surface area contributed by atoms with Gasteiger partial charge in [0.1, 0.15) is 0 Å². The van der Waals surface area contributed by atoms with Gasteiger partial charge in [0.15, 0.2) is 0 Å². The predicted octanol–water partition coefficient (Wildman–Crippen LogP) is 3.14. The van der Waals surface area contributed by atoms with Crippen LogP contribution in [0.4, 0.5) is 5.69 Å². The minimum Gasteiger partial charge on any atom is -0.365 e. The summed E-state index contributed by atoms with van der Waals surface area (Å²) in [4.78, 5) is 7.23. The molecule has 1 aliphatic rings. The Hall–Kier alpha value is -1.87. The molecule has 1 aromatic carbocycles. The van der Waals surface area contributed by atoms with E-state index in [1.165, 1.54) is 24.1 Å². The highest BCUT2D eigenvalue weighted by Crippen LogP contribution is 2.27. The van der Waals surface area contributed by atoms with Gasteiger partial charge in [-0.3, -0.25) is 4.98 Å². The summed E-state index contributed by atoms with van der Waals surface area (Å²) in [5, 5.41) is 3.33. The van der Waals surface area contributed by atoms with Gasteiger partial charge < -0.3 is 10.2 Å². The first-order chi connectivity index (χ1) is 10.4. The Kier molecular flexibility index (Phi) is 4.51. The number of nitrogens with zero attached hydrogens (tertiary/aromatic N) is 2. The maximum absolute atomic E-state index is 4.77. The molecule has 110 valence electrons. The zero-order valence-corrected chi connectivity index (χ0v) is 12.7. The largest absolute Gasteiger partial charge is 0.365 e. The highest BCUT2D eigenvalue weighted by Gasteiger charge is 2.16. The Labute approximate surface area is 127 Å². The molecule has 0 spiro atoms. The normalized spacial score (nSPS) is 14.0. The van der Waals surface area contributed by atoms with Crippen LogP contribution in [0.15, 0.2) is 42.5 Å². The predicted molar refractivity (Wildman–Crippen MR) is 87.4 cm³/mol. The number of benzene rings is 1. The number of rotatable bonds is 5. The van der Waals surface area contributed by atoms with E-state index < -0.39 is 0 Å². The van der Waals surface area contributed by atoms with Crippen molar-refractivity contribution in [3.05, 3.63) is 59.4 Å². The lowest BCUT2D eigenvalue weighted by Crippen LogP contribution is -2.29. The molecule has 0 saturated heterocycles. The van der Waals surface area contributed by atoms with Gasteiger partial charge in [-0.25, -0.2) is 0 Å². The van der Waals surface area contributed by atoms with Crippen LogP contribution < -0.4 is 10.2 Å². The van der Waals surface area contributed by atoms with Crippen molar-refractivity contribution in [2.45, 2.75) is 32.9 Å². The molecule has 1 aromatic heterocycles. The minimum atomic E-state index is 0.848. The van der Waals surface area contributed by atoms with Gasteiger partial charge in [0.2, 0.25) is 0 Å². The molecular formula is C18H23N3. The molecule has 2 aromatic rings. The molecule has 0 aliphatic carbocycles. The van der Waals surface area contributed by atoms with Crippen LogP contribution in [0.25, 0.3) is 0 Å². The van der Waals surface area contributed by atoms with E-state index in [0.29, 0.717) is 0 Å². The molecule has 0 atom stereocenters. The Morgan fingerprint density at radius 3 is 2.86 bits per heavy atom. The fourth-order valence-corrected chi connectivity index (χ4v) is 2.94. The topological polar surface area (TPSA) is 28.2 Å². The van der Waals surface area contributed by atoms with E-state index in [2.05, 4.69) is 59.6 Å². The molecule has 3 nitrogen and oxygen atoms in total. The van der Waals surface area contributed by atoms with E-state index in [-0.39, 0.29) is 0 Å². The van der Waals surface area contributed by atoms with E-state index in [1.807, 2.05) is 0 Å². The zero-order chi connectivity index (χ0) is 14.5. The molecule has 21 heavy (non-hydrogen) atoms. The molecule has 3 heteroatoms. The Morgan fingerprint density at radius 1 is 1.10 bits per heavy atom. The molecule has 0 fully saturated rings. The summed E-state index contributed by atoms with van der Waals surface area (Å²) < 4.78 is 0. The summed E-state index contributed by atoms with van der Waals surface area (Å²) in [6, 6.07) is 15.1. The van der Waals surface area contributed by atoms with Crippen molar-refractivity contribution in [2.75, 3.05) is 18.0 Å². The number of aryl methyl sites for hydroxylation is 1. The molecule has 0 unspecified atom stereocenters. The average Bonchev–Trinajstić information content (AvgIpc) is 2.54. The Bertz CT molecular complexity index is 595. The third kappa shape index (κ3) is 3.42. The standard InChI is InChI=1S/C18H23N3/c1-2-19-13-16-9-5-10-17(20-16)14-21-12-6-8-15-7-3-4-11-18(15)21/h3-5,7,9-11,19H,2,6,8,12-14H2,1H3. The highest BCUT2D eigenvalue weighted by molar-refractivity contribution is 5.55. The van der Waals surface area contributed by atoms with Gasteiger partial charge in [-0.2, -0.15) is 0 Å². The lowest BCUT2D eigenvalue weighted by Gasteiger charge is -2.31. The zero-order valence-electron chi connectivity index (χ0n) is 12.7. The first-order valence-corrected chi connectivity index (χ1v) is 7.85. The summed E-state index contributed by atoms with van der Waals surface area (Å²) in [6.45, 7) is 5.97. The number of pyridine rings is 1. The number of nitrogens with one attached hydrogen (secondary N) is 1. The number of aromatic nitrogens is 1. The average molecular weight is 281 g/mol. The van der Waals surface area contributed by atoms with Crippen molar-refractivity contribution in [1.82, 2.24) is 10.3 Å². The maximum Gasteiger partial charge on any atom is 0.0602 e. The molecule has 0 bridgehead atoms. The SMILES string of the molecule is CCNCc1cccc(CN2CCCc3ccccc32)n1. The Balaban J connectivity index is 1.75. The number of fused-ring (bicyclic) bond motifs is 1. The lowest BCUT2D eigenvalue weighted by atomic mass is 10.0. The molecule has 2 heterocycles. The second kappa shape index (κ2) is 6.72. The summed E-state index contributed by atoms with van der Waals surface area (Å²) in [5.41, 5.74) is 5.12. The van der Waals surface area contributed by atoms with E-state index in [0.717, 1.165) is 37.6 Å². The number of para-hydroxylation sites is 1. The van der Waals surface area contributed by atoms with Gasteiger partial charge in [0, 0.05) is 18.8 Å². The van der Waals surface area contributed by atoms with Crippen molar-refractivity contribution in [1.29, 1.82) is 0 Å². The van der Waals surface area contributed by atoms with E-state index >= 15 is 0 Å². The molecule has 0 saturated carbocycles. The summed E-state index contributed by atoms with van der Waals surface area (Å²) in [7, 11) is 0. The van der Waals surface area contributed by atoms with E-state index in [1.54, 1.807) is 0 Å². The van der Waals surface area contributed by atoms with Crippen LogP contribution in [0, 0.1) is 0 Å². The van der Waals surface area contributed by atoms with Gasteiger partial charge in [0.25, 0.3) is 0 Å². The van der Waals surface area contributed by atoms with Crippen molar-refractivity contribution in [3.63, 3.8) is 0 Å². The monoisotopic (exact) mass is 281 g/mol. The van der Waals surface area contributed by atoms with Crippen LogP contribution >= 0.6 is 0 Å². The minimum absolute atomic E-state index is 0.848. The van der Waals surface area contributed by atoms with Crippen molar-refractivity contribution < 1.29 is 0 Å². The van der Waals surface area contributed by atoms with Crippen LogP contribution in [0.5, 0.6) is 0 Å². The highest BCUT2D eigenvalue weighted by atomic mass is 15.1. The smallest absolute Gasteiger partial charge is 0.0602 e. The third-order valence-corrected chi connectivity index (χ3v) is 3.98. The molecule has 3 rings (SSSR count). The second-order valence-electron chi connectivity index (χ2n) is 5.55. The third-order valence-electron chi connectivity index (χ3n) is 3.98. The van der Waals surface area contributed by atoms with Crippen LogP contribution in [-0.2, 0) is 19.5 Å². The van der Waals surface area contributed by atoms with Gasteiger partial charge in [-0.15, -0.1) is 0 Å². The second-order valence-corrected chi connectivity index (χ2v) is 5.55. The number of hydrogen-bond acceptors (Lipinski definition) is 3. The van der Waals surface area contributed by atoms with E-state index in [4.69, 9.17) is 4.98 Å². The molecule has 1 aliphatic heterocycles. The molecule has 0 radical (unpaired) electrons. The first kappa shape index (κ1) is 14.1. The van der Waals surface area contributed by atoms with Gasteiger partial charge >= 0.3 is 0 Å². The summed E-state index contributed by atoms with van der Waals surface area (Å²) >= 11 is 0.